The molecular weight excluding hydrogens is 371 g/mol. The lowest BCUT2D eigenvalue weighted by Crippen LogP contribution is -2.05. The van der Waals surface area contributed by atoms with E-state index in [0.29, 0.717) is 16.8 Å². The molecule has 28 heavy (non-hydrogen) atoms. The van der Waals surface area contributed by atoms with E-state index in [1.165, 1.54) is 22.9 Å². The first-order valence-corrected chi connectivity index (χ1v) is 8.28. The molecule has 3 N–H and O–H groups in total. The molecule has 6 nitrogen and oxygen atoms in total. The SMILES string of the molecule is Cc1nn(CCO)cc1-c1cc(-c2cccc(C(F)(F)F)c2)nc(N)c1C#N. The lowest BCUT2D eigenvalue weighted by molar-refractivity contribution is -0.137. The van der Waals surface area contributed by atoms with E-state index in [2.05, 4.69) is 10.1 Å². The molecule has 0 amide bonds. The lowest BCUT2D eigenvalue weighted by atomic mass is 9.98. The number of aromatic nitrogens is 3. The number of nitriles is 1. The molecule has 0 unspecified atom stereocenters. The van der Waals surface area contributed by atoms with Crippen LogP contribution >= 0.6 is 0 Å². The van der Waals surface area contributed by atoms with Crippen LogP contribution in [0.25, 0.3) is 22.4 Å². The number of halogens is 3. The van der Waals surface area contributed by atoms with Crippen molar-refractivity contribution in [2.24, 2.45) is 0 Å². The number of pyridine rings is 1. The molecule has 0 saturated carbocycles. The fraction of sp³-hybridized carbons (Fsp3) is 0.211. The van der Waals surface area contributed by atoms with Gasteiger partial charge in [0.25, 0.3) is 0 Å². The molecule has 0 fully saturated rings. The Morgan fingerprint density at radius 3 is 2.64 bits per heavy atom. The van der Waals surface area contributed by atoms with Crippen molar-refractivity contribution < 1.29 is 18.3 Å². The van der Waals surface area contributed by atoms with Gasteiger partial charge in [0.05, 0.1) is 30.1 Å². The van der Waals surface area contributed by atoms with Crippen LogP contribution in [0.4, 0.5) is 19.0 Å². The average Bonchev–Trinajstić information content (AvgIpc) is 3.01. The highest BCUT2D eigenvalue weighted by Gasteiger charge is 2.30. The van der Waals surface area contributed by atoms with E-state index in [9.17, 15) is 18.4 Å². The summed E-state index contributed by atoms with van der Waals surface area (Å²) in [4.78, 5) is 4.12. The zero-order valence-electron chi connectivity index (χ0n) is 14.8. The lowest BCUT2D eigenvalue weighted by Gasteiger charge is -2.11. The molecule has 2 aromatic heterocycles. The van der Waals surface area contributed by atoms with Crippen molar-refractivity contribution in [3.8, 4) is 28.5 Å². The Bertz CT molecular complexity index is 1070. The topological polar surface area (TPSA) is 101 Å². The number of nitrogen functional groups attached to an aromatic ring is 1. The second-order valence-electron chi connectivity index (χ2n) is 6.12. The summed E-state index contributed by atoms with van der Waals surface area (Å²) < 4.78 is 40.6. The summed E-state index contributed by atoms with van der Waals surface area (Å²) >= 11 is 0. The van der Waals surface area contributed by atoms with Gasteiger partial charge in [-0.2, -0.15) is 23.5 Å². The Labute approximate surface area is 158 Å². The van der Waals surface area contributed by atoms with Gasteiger partial charge in [-0.3, -0.25) is 4.68 Å². The minimum atomic E-state index is -4.49. The number of nitrogens with zero attached hydrogens (tertiary/aromatic N) is 4. The Kier molecular flexibility index (Phi) is 5.07. The number of aliphatic hydroxyl groups is 1. The molecule has 3 aromatic rings. The third-order valence-corrected chi connectivity index (χ3v) is 4.21. The molecule has 0 aliphatic heterocycles. The minimum Gasteiger partial charge on any atom is -0.394 e. The van der Waals surface area contributed by atoms with Crippen molar-refractivity contribution in [1.29, 1.82) is 5.26 Å². The Morgan fingerprint density at radius 2 is 2.00 bits per heavy atom. The first kappa shape index (κ1) is 19.4. The van der Waals surface area contributed by atoms with Crippen LogP contribution in [0.15, 0.2) is 36.5 Å². The third kappa shape index (κ3) is 3.68. The van der Waals surface area contributed by atoms with Crippen LogP contribution in [0.2, 0.25) is 0 Å². The van der Waals surface area contributed by atoms with Crippen LogP contribution < -0.4 is 5.73 Å². The van der Waals surface area contributed by atoms with Crippen molar-refractivity contribution in [2.45, 2.75) is 19.6 Å². The van der Waals surface area contributed by atoms with Crippen LogP contribution in [0.5, 0.6) is 0 Å². The minimum absolute atomic E-state index is 0.0817. The maximum atomic E-state index is 13.0. The molecule has 2 heterocycles. The maximum Gasteiger partial charge on any atom is 0.416 e. The number of benzene rings is 1. The Balaban J connectivity index is 2.18. The molecule has 144 valence electrons. The van der Waals surface area contributed by atoms with Gasteiger partial charge in [0.1, 0.15) is 17.5 Å². The van der Waals surface area contributed by atoms with Crippen molar-refractivity contribution in [1.82, 2.24) is 14.8 Å². The molecule has 0 radical (unpaired) electrons. The van der Waals surface area contributed by atoms with Gasteiger partial charge >= 0.3 is 6.18 Å². The van der Waals surface area contributed by atoms with Gasteiger partial charge in [-0.1, -0.05) is 12.1 Å². The molecule has 0 saturated heterocycles. The highest BCUT2D eigenvalue weighted by atomic mass is 19.4. The standard InChI is InChI=1S/C19H16F3N5O/c1-11-16(10-27(26-11)5-6-28)14-8-17(25-18(24)15(14)9-23)12-3-2-4-13(7-12)19(20,21)22/h2-4,7-8,10,28H,5-6H2,1H3,(H2,24,25). The Hall–Kier alpha value is -3.38. The predicted octanol–water partition coefficient (Wildman–Crippen LogP) is 3.39. The van der Waals surface area contributed by atoms with Crippen LogP contribution in [-0.2, 0) is 12.7 Å². The first-order chi connectivity index (χ1) is 13.2. The molecule has 0 aliphatic carbocycles. The van der Waals surface area contributed by atoms with E-state index in [-0.39, 0.29) is 35.8 Å². The monoisotopic (exact) mass is 387 g/mol. The summed E-state index contributed by atoms with van der Waals surface area (Å²) in [6.45, 7) is 1.88. The molecule has 0 aliphatic rings. The van der Waals surface area contributed by atoms with Crippen molar-refractivity contribution >= 4 is 5.82 Å². The largest absolute Gasteiger partial charge is 0.416 e. The van der Waals surface area contributed by atoms with E-state index < -0.39 is 11.7 Å². The fourth-order valence-electron chi connectivity index (χ4n) is 2.90. The zero-order chi connectivity index (χ0) is 20.5. The highest BCUT2D eigenvalue weighted by Crippen LogP contribution is 2.35. The molecule has 0 spiro atoms. The maximum absolute atomic E-state index is 13.0. The predicted molar refractivity (Wildman–Crippen MR) is 96.8 cm³/mol. The molecule has 9 heteroatoms. The van der Waals surface area contributed by atoms with E-state index in [1.54, 1.807) is 13.1 Å². The zero-order valence-corrected chi connectivity index (χ0v) is 14.8. The third-order valence-electron chi connectivity index (χ3n) is 4.21. The number of hydrogen-bond donors (Lipinski definition) is 2. The number of alkyl halides is 3. The normalized spacial score (nSPS) is 11.4. The summed E-state index contributed by atoms with van der Waals surface area (Å²) in [5.74, 6) is -0.0817. The number of aliphatic hydroxyl groups excluding tert-OH is 1. The smallest absolute Gasteiger partial charge is 0.394 e. The van der Waals surface area contributed by atoms with Crippen LogP contribution in [-0.4, -0.2) is 26.5 Å². The van der Waals surface area contributed by atoms with Gasteiger partial charge in [0.2, 0.25) is 0 Å². The van der Waals surface area contributed by atoms with Gasteiger partial charge in [0.15, 0.2) is 0 Å². The number of anilines is 1. The number of rotatable bonds is 4. The number of hydrogen-bond acceptors (Lipinski definition) is 5. The van der Waals surface area contributed by atoms with Crippen LogP contribution in [0.1, 0.15) is 16.8 Å². The molecule has 1 aromatic carbocycles. The summed E-state index contributed by atoms with van der Waals surface area (Å²) in [7, 11) is 0. The van der Waals surface area contributed by atoms with Gasteiger partial charge in [-0.05, 0) is 25.1 Å². The second-order valence-corrected chi connectivity index (χ2v) is 6.12. The Morgan fingerprint density at radius 1 is 1.25 bits per heavy atom. The van der Waals surface area contributed by atoms with Crippen molar-refractivity contribution in [3.05, 3.63) is 53.3 Å². The molecular formula is C19H16F3N5O. The van der Waals surface area contributed by atoms with Crippen LogP contribution in [0.3, 0.4) is 0 Å². The quantitative estimate of drug-likeness (QED) is 0.715. The summed E-state index contributed by atoms with van der Waals surface area (Å²) in [6.07, 6.45) is -2.84. The fourth-order valence-corrected chi connectivity index (χ4v) is 2.90. The average molecular weight is 387 g/mol. The van der Waals surface area contributed by atoms with Gasteiger partial charge in [-0.25, -0.2) is 4.98 Å². The molecule has 0 atom stereocenters. The van der Waals surface area contributed by atoms with Crippen molar-refractivity contribution in [3.63, 3.8) is 0 Å². The first-order valence-electron chi connectivity index (χ1n) is 8.28. The summed E-state index contributed by atoms with van der Waals surface area (Å²) in [6, 6.07) is 8.26. The molecule has 3 rings (SSSR count). The van der Waals surface area contributed by atoms with Crippen LogP contribution in [0, 0.1) is 18.3 Å². The van der Waals surface area contributed by atoms with E-state index >= 15 is 0 Å². The number of nitrogens with two attached hydrogens (primary N) is 1. The van der Waals surface area contributed by atoms with E-state index in [0.717, 1.165) is 12.1 Å². The van der Waals surface area contributed by atoms with E-state index in [1.807, 2.05) is 6.07 Å². The van der Waals surface area contributed by atoms with Gasteiger partial charge < -0.3 is 10.8 Å². The second kappa shape index (κ2) is 7.32. The van der Waals surface area contributed by atoms with E-state index in [4.69, 9.17) is 10.8 Å². The molecule has 0 bridgehead atoms. The summed E-state index contributed by atoms with van der Waals surface area (Å²) in [5, 5.41) is 22.8. The highest BCUT2D eigenvalue weighted by molar-refractivity contribution is 5.81. The van der Waals surface area contributed by atoms with Crippen molar-refractivity contribution in [2.75, 3.05) is 12.3 Å². The van der Waals surface area contributed by atoms with Gasteiger partial charge in [-0.15, -0.1) is 0 Å². The number of aryl methyl sites for hydroxylation is 1. The summed E-state index contributed by atoms with van der Waals surface area (Å²) in [5.41, 5.74) is 7.28. The van der Waals surface area contributed by atoms with Gasteiger partial charge in [0, 0.05) is 22.9 Å².